The SMILES string of the molecule is CCOc1ccccc1C(=O)N(CC)C1CCNCC1. The van der Waals surface area contributed by atoms with Gasteiger partial charge in [-0.1, -0.05) is 12.1 Å². The minimum atomic E-state index is 0.0865. The first-order valence-electron chi connectivity index (χ1n) is 7.51. The van der Waals surface area contributed by atoms with Gasteiger partial charge in [0.25, 0.3) is 5.91 Å². The fourth-order valence-corrected chi connectivity index (χ4v) is 2.77. The molecular weight excluding hydrogens is 252 g/mol. The van der Waals surface area contributed by atoms with Crippen molar-refractivity contribution >= 4 is 5.91 Å². The van der Waals surface area contributed by atoms with Crippen LogP contribution in [0.25, 0.3) is 0 Å². The smallest absolute Gasteiger partial charge is 0.257 e. The molecule has 1 aromatic carbocycles. The second-order valence-electron chi connectivity index (χ2n) is 5.00. The van der Waals surface area contributed by atoms with Crippen molar-refractivity contribution in [2.24, 2.45) is 0 Å². The fourth-order valence-electron chi connectivity index (χ4n) is 2.77. The van der Waals surface area contributed by atoms with Gasteiger partial charge >= 0.3 is 0 Å². The van der Waals surface area contributed by atoms with Crippen LogP contribution >= 0.6 is 0 Å². The van der Waals surface area contributed by atoms with Gasteiger partial charge in [0.2, 0.25) is 0 Å². The maximum atomic E-state index is 12.8. The largest absolute Gasteiger partial charge is 0.493 e. The van der Waals surface area contributed by atoms with Crippen LogP contribution in [0.1, 0.15) is 37.0 Å². The Kier molecular flexibility index (Phi) is 5.41. The summed E-state index contributed by atoms with van der Waals surface area (Å²) < 4.78 is 5.58. The Hall–Kier alpha value is -1.55. The highest BCUT2D eigenvalue weighted by Gasteiger charge is 2.26. The van der Waals surface area contributed by atoms with Crippen LogP contribution in [0.5, 0.6) is 5.75 Å². The van der Waals surface area contributed by atoms with Gasteiger partial charge < -0.3 is 15.0 Å². The number of benzene rings is 1. The number of nitrogens with one attached hydrogen (secondary N) is 1. The number of hydrogen-bond acceptors (Lipinski definition) is 3. The third kappa shape index (κ3) is 3.31. The van der Waals surface area contributed by atoms with Crippen LogP contribution in [0, 0.1) is 0 Å². The molecule has 0 bridgehead atoms. The molecule has 1 saturated heterocycles. The van der Waals surface area contributed by atoms with Gasteiger partial charge in [-0.3, -0.25) is 4.79 Å². The predicted octanol–water partition coefficient (Wildman–Crippen LogP) is 2.30. The third-order valence-corrected chi connectivity index (χ3v) is 3.77. The standard InChI is InChI=1S/C16H24N2O2/c1-3-18(13-9-11-17-12-10-13)16(19)14-7-5-6-8-15(14)20-4-2/h5-8,13,17H,3-4,9-12H2,1-2H3. The fraction of sp³-hybridized carbons (Fsp3) is 0.562. The molecule has 0 aromatic heterocycles. The van der Waals surface area contributed by atoms with Crippen LogP contribution in [-0.2, 0) is 0 Å². The number of hydrogen-bond donors (Lipinski definition) is 1. The summed E-state index contributed by atoms with van der Waals surface area (Å²) in [4.78, 5) is 14.8. The van der Waals surface area contributed by atoms with Crippen LogP contribution in [-0.4, -0.2) is 43.1 Å². The Bertz CT molecular complexity index is 442. The number of piperidine rings is 1. The van der Waals surface area contributed by atoms with Crippen molar-refractivity contribution in [1.29, 1.82) is 0 Å². The Morgan fingerprint density at radius 2 is 2.00 bits per heavy atom. The van der Waals surface area contributed by atoms with E-state index in [1.54, 1.807) is 0 Å². The van der Waals surface area contributed by atoms with Gasteiger partial charge in [0, 0.05) is 12.6 Å². The van der Waals surface area contributed by atoms with Crippen molar-refractivity contribution in [3.8, 4) is 5.75 Å². The highest BCUT2D eigenvalue weighted by molar-refractivity contribution is 5.97. The zero-order valence-corrected chi connectivity index (χ0v) is 12.4. The maximum absolute atomic E-state index is 12.8. The van der Waals surface area contributed by atoms with Gasteiger partial charge in [0.1, 0.15) is 5.75 Å². The zero-order chi connectivity index (χ0) is 14.4. The summed E-state index contributed by atoms with van der Waals surface area (Å²) in [7, 11) is 0. The van der Waals surface area contributed by atoms with Gasteiger partial charge in [-0.15, -0.1) is 0 Å². The molecule has 0 radical (unpaired) electrons. The maximum Gasteiger partial charge on any atom is 0.257 e. The highest BCUT2D eigenvalue weighted by atomic mass is 16.5. The lowest BCUT2D eigenvalue weighted by Gasteiger charge is -2.34. The van der Waals surface area contributed by atoms with E-state index in [2.05, 4.69) is 5.32 Å². The summed E-state index contributed by atoms with van der Waals surface area (Å²) in [5, 5.41) is 3.34. The van der Waals surface area contributed by atoms with Gasteiger partial charge in [-0.05, 0) is 51.9 Å². The number of nitrogens with zero attached hydrogens (tertiary/aromatic N) is 1. The lowest BCUT2D eigenvalue weighted by atomic mass is 10.0. The first kappa shape index (κ1) is 14.9. The number of carbonyl (C=O) groups is 1. The van der Waals surface area contributed by atoms with Crippen LogP contribution in [0.4, 0.5) is 0 Å². The summed E-state index contributed by atoms with van der Waals surface area (Å²) in [6.07, 6.45) is 2.05. The molecule has 0 saturated carbocycles. The van der Waals surface area contributed by atoms with Crippen molar-refractivity contribution in [2.45, 2.75) is 32.7 Å². The summed E-state index contributed by atoms with van der Waals surface area (Å²) in [6.45, 7) is 7.27. The number of ether oxygens (including phenoxy) is 1. The van der Waals surface area contributed by atoms with E-state index in [1.165, 1.54) is 0 Å². The number of rotatable bonds is 5. The van der Waals surface area contributed by atoms with Crippen molar-refractivity contribution < 1.29 is 9.53 Å². The van der Waals surface area contributed by atoms with Crippen molar-refractivity contribution in [1.82, 2.24) is 10.2 Å². The minimum Gasteiger partial charge on any atom is -0.493 e. The van der Waals surface area contributed by atoms with E-state index in [-0.39, 0.29) is 5.91 Å². The van der Waals surface area contributed by atoms with E-state index in [9.17, 15) is 4.79 Å². The summed E-state index contributed by atoms with van der Waals surface area (Å²) in [5.41, 5.74) is 0.676. The average molecular weight is 276 g/mol. The number of amides is 1. The van der Waals surface area contributed by atoms with Crippen LogP contribution in [0.15, 0.2) is 24.3 Å². The summed E-state index contributed by atoms with van der Waals surface area (Å²) in [6, 6.07) is 7.86. The van der Waals surface area contributed by atoms with E-state index < -0.39 is 0 Å². The van der Waals surface area contributed by atoms with E-state index in [4.69, 9.17) is 4.74 Å². The molecule has 20 heavy (non-hydrogen) atoms. The zero-order valence-electron chi connectivity index (χ0n) is 12.4. The molecule has 0 unspecified atom stereocenters. The van der Waals surface area contributed by atoms with Crippen LogP contribution in [0.2, 0.25) is 0 Å². The van der Waals surface area contributed by atoms with Gasteiger partial charge in [-0.2, -0.15) is 0 Å². The van der Waals surface area contributed by atoms with E-state index in [1.807, 2.05) is 43.0 Å². The first-order chi connectivity index (χ1) is 9.77. The topological polar surface area (TPSA) is 41.6 Å². The molecule has 1 aliphatic rings. The Balaban J connectivity index is 2.19. The van der Waals surface area contributed by atoms with E-state index >= 15 is 0 Å². The minimum absolute atomic E-state index is 0.0865. The molecule has 4 heteroatoms. The molecule has 1 fully saturated rings. The lowest BCUT2D eigenvalue weighted by Crippen LogP contribution is -2.46. The van der Waals surface area contributed by atoms with Crippen LogP contribution in [0.3, 0.4) is 0 Å². The van der Waals surface area contributed by atoms with E-state index in [0.717, 1.165) is 32.5 Å². The molecule has 2 rings (SSSR count). The molecule has 1 heterocycles. The molecule has 1 aliphatic heterocycles. The number of para-hydroxylation sites is 1. The van der Waals surface area contributed by atoms with Crippen LogP contribution < -0.4 is 10.1 Å². The quantitative estimate of drug-likeness (QED) is 0.897. The molecule has 110 valence electrons. The first-order valence-corrected chi connectivity index (χ1v) is 7.51. The Morgan fingerprint density at radius 3 is 2.65 bits per heavy atom. The summed E-state index contributed by atoms with van der Waals surface area (Å²) in [5.74, 6) is 0.774. The Morgan fingerprint density at radius 1 is 1.30 bits per heavy atom. The predicted molar refractivity (Wildman–Crippen MR) is 80.2 cm³/mol. The number of carbonyl (C=O) groups excluding carboxylic acids is 1. The lowest BCUT2D eigenvalue weighted by molar-refractivity contribution is 0.0652. The highest BCUT2D eigenvalue weighted by Crippen LogP contribution is 2.22. The molecule has 1 N–H and O–H groups in total. The summed E-state index contributed by atoms with van der Waals surface area (Å²) >= 11 is 0. The van der Waals surface area contributed by atoms with Gasteiger partial charge in [0.05, 0.1) is 12.2 Å². The molecule has 4 nitrogen and oxygen atoms in total. The van der Waals surface area contributed by atoms with Gasteiger partial charge in [0.15, 0.2) is 0 Å². The Labute approximate surface area is 121 Å². The second kappa shape index (κ2) is 7.29. The normalized spacial score (nSPS) is 15.9. The van der Waals surface area contributed by atoms with Crippen molar-refractivity contribution in [2.75, 3.05) is 26.2 Å². The van der Waals surface area contributed by atoms with Gasteiger partial charge in [-0.25, -0.2) is 0 Å². The van der Waals surface area contributed by atoms with Crippen molar-refractivity contribution in [3.05, 3.63) is 29.8 Å². The second-order valence-corrected chi connectivity index (χ2v) is 5.00. The molecule has 0 aliphatic carbocycles. The molecular formula is C16H24N2O2. The van der Waals surface area contributed by atoms with E-state index in [0.29, 0.717) is 24.0 Å². The molecule has 1 aromatic rings. The monoisotopic (exact) mass is 276 g/mol. The molecule has 1 amide bonds. The molecule has 0 spiro atoms. The van der Waals surface area contributed by atoms with Crippen molar-refractivity contribution in [3.63, 3.8) is 0 Å². The third-order valence-electron chi connectivity index (χ3n) is 3.77. The molecule has 0 atom stereocenters. The average Bonchev–Trinajstić information content (AvgIpc) is 2.50.